The fraction of sp³-hybridized carbons (Fsp3) is 0.400. The fourth-order valence-electron chi connectivity index (χ4n) is 1.33. The Morgan fingerprint density at radius 2 is 1.94 bits per heavy atom. The van der Waals surface area contributed by atoms with E-state index in [2.05, 4.69) is 0 Å². The van der Waals surface area contributed by atoms with Crippen LogP contribution in [0.15, 0.2) is 18.2 Å². The lowest BCUT2D eigenvalue weighted by atomic mass is 10.0. The summed E-state index contributed by atoms with van der Waals surface area (Å²) in [6.45, 7) is -0.144. The van der Waals surface area contributed by atoms with Gasteiger partial charge in [0.05, 0.1) is 11.7 Å². The van der Waals surface area contributed by atoms with E-state index in [1.165, 1.54) is 0 Å². The van der Waals surface area contributed by atoms with Crippen molar-refractivity contribution in [2.45, 2.75) is 18.7 Å². The zero-order chi connectivity index (χ0) is 12.3. The van der Waals surface area contributed by atoms with Gasteiger partial charge < -0.3 is 10.8 Å². The monoisotopic (exact) mass is 237 g/mol. The van der Waals surface area contributed by atoms with E-state index in [9.17, 15) is 22.7 Å². The summed E-state index contributed by atoms with van der Waals surface area (Å²) < 4.78 is 50.2. The summed E-state index contributed by atoms with van der Waals surface area (Å²) in [5.41, 5.74) is 3.87. The molecular formula is C10H11F4NO. The van der Waals surface area contributed by atoms with Gasteiger partial charge in [-0.2, -0.15) is 13.2 Å². The minimum Gasteiger partial charge on any atom is -0.391 e. The first-order chi connectivity index (χ1) is 7.34. The summed E-state index contributed by atoms with van der Waals surface area (Å²) in [5.74, 6) is -0.960. The van der Waals surface area contributed by atoms with Gasteiger partial charge in [-0.05, 0) is 17.7 Å². The molecule has 0 bridgehead atoms. The molecule has 0 spiro atoms. The average Bonchev–Trinajstić information content (AvgIpc) is 2.19. The predicted octanol–water partition coefficient (Wildman–Crippen LogP) is 1.71. The molecule has 6 heteroatoms. The van der Waals surface area contributed by atoms with Crippen LogP contribution >= 0.6 is 0 Å². The van der Waals surface area contributed by atoms with Gasteiger partial charge in [0.2, 0.25) is 0 Å². The van der Waals surface area contributed by atoms with Crippen molar-refractivity contribution in [2.24, 2.45) is 5.73 Å². The Morgan fingerprint density at radius 1 is 1.31 bits per heavy atom. The van der Waals surface area contributed by atoms with Crippen molar-refractivity contribution in [3.63, 3.8) is 0 Å². The Hall–Kier alpha value is -1.14. The Balaban J connectivity index is 3.08. The minimum atomic E-state index is -4.63. The molecular weight excluding hydrogens is 226 g/mol. The number of hydrogen-bond acceptors (Lipinski definition) is 2. The van der Waals surface area contributed by atoms with Gasteiger partial charge in [-0.15, -0.1) is 0 Å². The molecule has 0 radical (unpaired) electrons. The van der Waals surface area contributed by atoms with Crippen molar-refractivity contribution in [3.05, 3.63) is 35.1 Å². The number of alkyl halides is 3. The molecule has 1 unspecified atom stereocenters. The van der Waals surface area contributed by atoms with Crippen molar-refractivity contribution in [1.29, 1.82) is 0 Å². The third-order valence-electron chi connectivity index (χ3n) is 2.10. The molecule has 0 heterocycles. The number of benzene rings is 1. The summed E-state index contributed by atoms with van der Waals surface area (Å²) in [6.07, 6.45) is -5.94. The van der Waals surface area contributed by atoms with Gasteiger partial charge in [0.1, 0.15) is 5.82 Å². The number of aliphatic hydroxyl groups is 1. The van der Waals surface area contributed by atoms with Crippen LogP contribution in [0.25, 0.3) is 0 Å². The van der Waals surface area contributed by atoms with Gasteiger partial charge in [0.25, 0.3) is 0 Å². The molecule has 90 valence electrons. The molecule has 1 rings (SSSR count). The summed E-state index contributed by atoms with van der Waals surface area (Å²) in [5, 5.41) is 9.18. The van der Waals surface area contributed by atoms with Gasteiger partial charge in [0, 0.05) is 13.0 Å². The molecule has 0 saturated carbocycles. The minimum absolute atomic E-state index is 0.144. The van der Waals surface area contributed by atoms with E-state index in [4.69, 9.17) is 5.73 Å². The molecule has 2 nitrogen and oxygen atoms in total. The largest absolute Gasteiger partial charge is 0.416 e. The molecule has 1 aromatic carbocycles. The molecule has 0 aliphatic carbocycles. The van der Waals surface area contributed by atoms with Crippen LogP contribution in [0.2, 0.25) is 0 Å². The molecule has 3 N–H and O–H groups in total. The SMILES string of the molecule is NCC(O)Cc1ccc(F)cc1C(F)(F)F. The quantitative estimate of drug-likeness (QED) is 0.786. The second kappa shape index (κ2) is 4.80. The number of rotatable bonds is 3. The molecule has 0 aliphatic rings. The van der Waals surface area contributed by atoms with Crippen LogP contribution in [0.3, 0.4) is 0 Å². The van der Waals surface area contributed by atoms with E-state index in [1.54, 1.807) is 0 Å². The first-order valence-corrected chi connectivity index (χ1v) is 4.58. The molecule has 0 aromatic heterocycles. The lowest BCUT2D eigenvalue weighted by Gasteiger charge is -2.15. The van der Waals surface area contributed by atoms with E-state index >= 15 is 0 Å². The van der Waals surface area contributed by atoms with Crippen LogP contribution in [0.1, 0.15) is 11.1 Å². The maximum Gasteiger partial charge on any atom is 0.416 e. The zero-order valence-electron chi connectivity index (χ0n) is 8.26. The van der Waals surface area contributed by atoms with Crippen LogP contribution in [-0.4, -0.2) is 17.8 Å². The smallest absolute Gasteiger partial charge is 0.391 e. The third-order valence-corrected chi connectivity index (χ3v) is 2.10. The van der Waals surface area contributed by atoms with E-state index in [0.717, 1.165) is 12.1 Å². The number of hydrogen-bond donors (Lipinski definition) is 2. The number of halogens is 4. The maximum absolute atomic E-state index is 12.7. The lowest BCUT2D eigenvalue weighted by Crippen LogP contribution is -2.23. The predicted molar refractivity (Wildman–Crippen MR) is 50.2 cm³/mol. The molecule has 0 aliphatic heterocycles. The third kappa shape index (κ3) is 3.18. The van der Waals surface area contributed by atoms with Crippen LogP contribution in [0.5, 0.6) is 0 Å². The van der Waals surface area contributed by atoms with E-state index in [-0.39, 0.29) is 18.5 Å². The van der Waals surface area contributed by atoms with E-state index in [1.807, 2.05) is 0 Å². The first kappa shape index (κ1) is 12.9. The van der Waals surface area contributed by atoms with Gasteiger partial charge in [-0.1, -0.05) is 6.07 Å². The Bertz CT molecular complexity index is 364. The Morgan fingerprint density at radius 3 is 2.44 bits per heavy atom. The molecule has 0 fully saturated rings. The van der Waals surface area contributed by atoms with Crippen molar-refractivity contribution in [1.82, 2.24) is 0 Å². The molecule has 16 heavy (non-hydrogen) atoms. The highest BCUT2D eigenvalue weighted by Crippen LogP contribution is 2.33. The highest BCUT2D eigenvalue weighted by atomic mass is 19.4. The molecule has 0 saturated heterocycles. The van der Waals surface area contributed by atoms with Crippen molar-refractivity contribution < 1.29 is 22.7 Å². The zero-order valence-corrected chi connectivity index (χ0v) is 8.26. The highest BCUT2D eigenvalue weighted by Gasteiger charge is 2.33. The van der Waals surface area contributed by atoms with Gasteiger partial charge in [-0.25, -0.2) is 4.39 Å². The maximum atomic E-state index is 12.7. The highest BCUT2D eigenvalue weighted by molar-refractivity contribution is 5.31. The van der Waals surface area contributed by atoms with Gasteiger partial charge in [0.15, 0.2) is 0 Å². The number of aliphatic hydroxyl groups excluding tert-OH is 1. The van der Waals surface area contributed by atoms with Crippen molar-refractivity contribution in [3.8, 4) is 0 Å². The average molecular weight is 237 g/mol. The summed E-state index contributed by atoms with van der Waals surface area (Å²) in [6, 6.07) is 2.35. The summed E-state index contributed by atoms with van der Waals surface area (Å²) in [7, 11) is 0. The number of nitrogens with two attached hydrogens (primary N) is 1. The van der Waals surface area contributed by atoms with E-state index < -0.39 is 23.7 Å². The second-order valence-corrected chi connectivity index (χ2v) is 3.39. The van der Waals surface area contributed by atoms with Crippen LogP contribution in [0, 0.1) is 5.82 Å². The van der Waals surface area contributed by atoms with Gasteiger partial charge in [-0.3, -0.25) is 0 Å². The second-order valence-electron chi connectivity index (χ2n) is 3.39. The van der Waals surface area contributed by atoms with Crippen LogP contribution in [-0.2, 0) is 12.6 Å². The summed E-state index contributed by atoms with van der Waals surface area (Å²) in [4.78, 5) is 0. The van der Waals surface area contributed by atoms with Crippen LogP contribution < -0.4 is 5.73 Å². The van der Waals surface area contributed by atoms with Gasteiger partial charge >= 0.3 is 6.18 Å². The Kier molecular flexibility index (Phi) is 3.88. The normalized spacial score (nSPS) is 13.9. The first-order valence-electron chi connectivity index (χ1n) is 4.58. The summed E-state index contributed by atoms with van der Waals surface area (Å²) >= 11 is 0. The topological polar surface area (TPSA) is 46.2 Å². The standard InChI is InChI=1S/C10H11F4NO/c11-7-2-1-6(3-8(16)5-15)9(4-7)10(12,13)14/h1-2,4,8,16H,3,5,15H2. The molecule has 1 aromatic rings. The van der Waals surface area contributed by atoms with Crippen molar-refractivity contribution >= 4 is 0 Å². The Labute approximate surface area is 89.7 Å². The molecule has 0 amide bonds. The van der Waals surface area contributed by atoms with Crippen molar-refractivity contribution in [2.75, 3.05) is 6.54 Å². The van der Waals surface area contributed by atoms with Crippen LogP contribution in [0.4, 0.5) is 17.6 Å². The lowest BCUT2D eigenvalue weighted by molar-refractivity contribution is -0.138. The van der Waals surface area contributed by atoms with E-state index in [0.29, 0.717) is 6.07 Å². The molecule has 1 atom stereocenters. The fourth-order valence-corrected chi connectivity index (χ4v) is 1.33.